The van der Waals surface area contributed by atoms with E-state index in [0.29, 0.717) is 13.2 Å². The fourth-order valence-corrected chi connectivity index (χ4v) is 3.49. The van der Waals surface area contributed by atoms with Crippen molar-refractivity contribution in [3.63, 3.8) is 0 Å². The molecular formula is C21H31N3O4. The third-order valence-corrected chi connectivity index (χ3v) is 5.17. The van der Waals surface area contributed by atoms with Crippen LogP contribution in [-0.2, 0) is 19.1 Å². The first kappa shape index (κ1) is 21.9. The number of nitrogens with zero attached hydrogens (tertiary/aromatic N) is 1. The molecule has 2 rings (SSSR count). The van der Waals surface area contributed by atoms with E-state index in [2.05, 4.69) is 10.6 Å². The lowest BCUT2D eigenvalue weighted by Gasteiger charge is -2.35. The van der Waals surface area contributed by atoms with E-state index in [9.17, 15) is 14.4 Å². The molecule has 0 bridgehead atoms. The Morgan fingerprint density at radius 2 is 1.93 bits per heavy atom. The van der Waals surface area contributed by atoms with E-state index >= 15 is 0 Å². The minimum atomic E-state index is -0.412. The number of ether oxygens (including phenoxy) is 1. The van der Waals surface area contributed by atoms with E-state index in [1.54, 1.807) is 13.8 Å². The number of esters is 1. The van der Waals surface area contributed by atoms with Gasteiger partial charge in [-0.1, -0.05) is 18.2 Å². The van der Waals surface area contributed by atoms with Gasteiger partial charge in [-0.05, 0) is 58.2 Å². The molecule has 1 heterocycles. The van der Waals surface area contributed by atoms with Crippen LogP contribution < -0.4 is 10.6 Å². The maximum atomic E-state index is 12.5. The average Bonchev–Trinajstić information content (AvgIpc) is 2.68. The zero-order valence-corrected chi connectivity index (χ0v) is 17.2. The van der Waals surface area contributed by atoms with Gasteiger partial charge in [-0.15, -0.1) is 0 Å². The first-order valence-corrected chi connectivity index (χ1v) is 9.88. The van der Waals surface area contributed by atoms with Crippen LogP contribution in [0.4, 0.5) is 5.69 Å². The van der Waals surface area contributed by atoms with E-state index in [0.717, 1.165) is 36.2 Å². The number of amides is 2. The first-order valence-electron chi connectivity index (χ1n) is 9.88. The minimum Gasteiger partial charge on any atom is -0.466 e. The highest BCUT2D eigenvalue weighted by Crippen LogP contribution is 2.20. The lowest BCUT2D eigenvalue weighted by Crippen LogP contribution is -2.51. The number of likely N-dealkylation sites (tertiary alicyclic amines) is 1. The second-order valence-electron chi connectivity index (χ2n) is 7.29. The number of rotatable bonds is 7. The molecule has 0 spiro atoms. The first-order chi connectivity index (χ1) is 13.3. The summed E-state index contributed by atoms with van der Waals surface area (Å²) in [6.07, 6.45) is 1.62. The van der Waals surface area contributed by atoms with Gasteiger partial charge in [-0.2, -0.15) is 0 Å². The van der Waals surface area contributed by atoms with Crippen LogP contribution in [-0.4, -0.2) is 55.0 Å². The summed E-state index contributed by atoms with van der Waals surface area (Å²) < 4.78 is 5.11. The van der Waals surface area contributed by atoms with Crippen LogP contribution in [0.3, 0.4) is 0 Å². The highest BCUT2D eigenvalue weighted by molar-refractivity contribution is 5.96. The molecule has 7 nitrogen and oxygen atoms in total. The van der Waals surface area contributed by atoms with E-state index < -0.39 is 6.04 Å². The molecule has 154 valence electrons. The number of benzene rings is 1. The Morgan fingerprint density at radius 3 is 2.57 bits per heavy atom. The van der Waals surface area contributed by atoms with Crippen molar-refractivity contribution >= 4 is 23.5 Å². The fourth-order valence-electron chi connectivity index (χ4n) is 3.49. The zero-order valence-electron chi connectivity index (χ0n) is 17.2. The van der Waals surface area contributed by atoms with Crippen molar-refractivity contribution in [3.05, 3.63) is 29.3 Å². The van der Waals surface area contributed by atoms with Gasteiger partial charge in [-0.25, -0.2) is 0 Å². The van der Waals surface area contributed by atoms with Crippen molar-refractivity contribution in [1.29, 1.82) is 0 Å². The smallest absolute Gasteiger partial charge is 0.310 e. The SMILES string of the molecule is CCOC(=O)[C@H]1CCCN([C@@H](C)C(=O)NCC(=O)Nc2c(C)cccc2C)C1. The number of aryl methyl sites for hydroxylation is 2. The number of piperidine rings is 1. The second-order valence-corrected chi connectivity index (χ2v) is 7.29. The number of para-hydroxylation sites is 1. The summed E-state index contributed by atoms with van der Waals surface area (Å²) in [7, 11) is 0. The van der Waals surface area contributed by atoms with Crippen LogP contribution in [0.15, 0.2) is 18.2 Å². The lowest BCUT2D eigenvalue weighted by molar-refractivity contribution is -0.151. The highest BCUT2D eigenvalue weighted by atomic mass is 16.5. The summed E-state index contributed by atoms with van der Waals surface area (Å²) in [5.41, 5.74) is 2.74. The predicted octanol–water partition coefficient (Wildman–Crippen LogP) is 2.02. The van der Waals surface area contributed by atoms with Crippen molar-refractivity contribution in [3.8, 4) is 0 Å². The normalized spacial score (nSPS) is 18.2. The van der Waals surface area contributed by atoms with Gasteiger partial charge in [0.15, 0.2) is 0 Å². The van der Waals surface area contributed by atoms with Gasteiger partial charge >= 0.3 is 5.97 Å². The molecule has 0 aromatic heterocycles. The predicted molar refractivity (Wildman–Crippen MR) is 108 cm³/mol. The van der Waals surface area contributed by atoms with E-state index in [-0.39, 0.29) is 30.2 Å². The number of hydrogen-bond donors (Lipinski definition) is 2. The van der Waals surface area contributed by atoms with E-state index in [1.165, 1.54) is 0 Å². The van der Waals surface area contributed by atoms with Crippen molar-refractivity contribution in [2.75, 3.05) is 31.6 Å². The Bertz CT molecular complexity index is 699. The Labute approximate surface area is 166 Å². The molecule has 2 N–H and O–H groups in total. The molecule has 1 aliphatic heterocycles. The molecule has 0 unspecified atom stereocenters. The molecule has 7 heteroatoms. The monoisotopic (exact) mass is 389 g/mol. The van der Waals surface area contributed by atoms with Gasteiger partial charge < -0.3 is 15.4 Å². The summed E-state index contributed by atoms with van der Waals surface area (Å²) >= 11 is 0. The third-order valence-electron chi connectivity index (χ3n) is 5.17. The molecule has 1 aliphatic rings. The fraction of sp³-hybridized carbons (Fsp3) is 0.571. The van der Waals surface area contributed by atoms with Crippen molar-refractivity contribution in [2.45, 2.75) is 46.6 Å². The maximum Gasteiger partial charge on any atom is 0.310 e. The van der Waals surface area contributed by atoms with E-state index in [4.69, 9.17) is 4.74 Å². The van der Waals surface area contributed by atoms with Crippen molar-refractivity contribution in [2.24, 2.45) is 5.92 Å². The molecule has 1 aromatic rings. The summed E-state index contributed by atoms with van der Waals surface area (Å²) in [5.74, 6) is -0.883. The molecule has 0 aliphatic carbocycles. The van der Waals surface area contributed by atoms with Gasteiger partial charge in [-0.3, -0.25) is 19.3 Å². The van der Waals surface area contributed by atoms with Crippen molar-refractivity contribution < 1.29 is 19.1 Å². The molecule has 1 aromatic carbocycles. The number of carbonyl (C=O) groups excluding carboxylic acids is 3. The number of carbonyl (C=O) groups is 3. The summed E-state index contributed by atoms with van der Waals surface area (Å²) in [6, 6.07) is 5.38. The van der Waals surface area contributed by atoms with Gasteiger partial charge in [0.25, 0.3) is 0 Å². The van der Waals surface area contributed by atoms with Crippen molar-refractivity contribution in [1.82, 2.24) is 10.2 Å². The Hall–Kier alpha value is -2.41. The standard InChI is InChI=1S/C21H31N3O4/c1-5-28-21(27)17-10-7-11-24(13-17)16(4)20(26)22-12-18(25)23-19-14(2)8-6-9-15(19)3/h6,8-9,16-17H,5,7,10-13H2,1-4H3,(H,22,26)(H,23,25)/t16-,17-/m0/s1. The van der Waals surface area contributed by atoms with Gasteiger partial charge in [0, 0.05) is 12.2 Å². The zero-order chi connectivity index (χ0) is 20.7. The molecule has 2 amide bonds. The molecule has 0 saturated carbocycles. The molecular weight excluding hydrogens is 358 g/mol. The maximum absolute atomic E-state index is 12.5. The number of nitrogens with one attached hydrogen (secondary N) is 2. The molecule has 0 radical (unpaired) electrons. The van der Waals surface area contributed by atoms with E-state index in [1.807, 2.05) is 36.9 Å². The van der Waals surface area contributed by atoms with Crippen LogP contribution in [0, 0.1) is 19.8 Å². The van der Waals surface area contributed by atoms with Gasteiger partial charge in [0.2, 0.25) is 11.8 Å². The molecule has 1 fully saturated rings. The van der Waals surface area contributed by atoms with Crippen LogP contribution in [0.1, 0.15) is 37.8 Å². The Balaban J connectivity index is 1.85. The highest BCUT2D eigenvalue weighted by Gasteiger charge is 2.31. The molecule has 2 atom stereocenters. The summed E-state index contributed by atoms with van der Waals surface area (Å²) in [5, 5.41) is 5.56. The van der Waals surface area contributed by atoms with Gasteiger partial charge in [0.05, 0.1) is 25.1 Å². The van der Waals surface area contributed by atoms with Crippen LogP contribution in [0.2, 0.25) is 0 Å². The summed E-state index contributed by atoms with van der Waals surface area (Å²) in [4.78, 5) is 38.7. The average molecular weight is 389 g/mol. The second kappa shape index (κ2) is 10.2. The topological polar surface area (TPSA) is 87.7 Å². The molecule has 1 saturated heterocycles. The third kappa shape index (κ3) is 5.79. The quantitative estimate of drug-likeness (QED) is 0.697. The van der Waals surface area contributed by atoms with Gasteiger partial charge in [0.1, 0.15) is 0 Å². The lowest BCUT2D eigenvalue weighted by atomic mass is 9.97. The summed E-state index contributed by atoms with van der Waals surface area (Å²) in [6.45, 7) is 8.97. The Kier molecular flexibility index (Phi) is 7.99. The van der Waals surface area contributed by atoms with Crippen LogP contribution >= 0.6 is 0 Å². The number of hydrogen-bond acceptors (Lipinski definition) is 5. The molecule has 28 heavy (non-hydrogen) atoms. The number of anilines is 1. The Morgan fingerprint density at radius 1 is 1.25 bits per heavy atom. The van der Waals surface area contributed by atoms with Crippen LogP contribution in [0.5, 0.6) is 0 Å². The minimum absolute atomic E-state index is 0.0912. The van der Waals surface area contributed by atoms with Crippen LogP contribution in [0.25, 0.3) is 0 Å². The largest absolute Gasteiger partial charge is 0.466 e.